The van der Waals surface area contributed by atoms with Gasteiger partial charge in [0.25, 0.3) is 0 Å². The van der Waals surface area contributed by atoms with Crippen molar-refractivity contribution in [2.75, 3.05) is 0 Å². The van der Waals surface area contributed by atoms with Gasteiger partial charge in [0, 0.05) is 0 Å². The molecule has 4 heteroatoms. The van der Waals surface area contributed by atoms with Crippen LogP contribution in [0.1, 0.15) is 52.6 Å². The predicted molar refractivity (Wildman–Crippen MR) is 133 cm³/mol. The van der Waals surface area contributed by atoms with Crippen molar-refractivity contribution in [3.8, 4) is 11.1 Å². The molecule has 2 aliphatic rings. The van der Waals surface area contributed by atoms with Crippen LogP contribution in [-0.4, -0.2) is 5.43 Å². The molecule has 0 fully saturated rings. The molecule has 168 valence electrons. The summed E-state index contributed by atoms with van der Waals surface area (Å²) in [5.41, 5.74) is 11.8. The van der Waals surface area contributed by atoms with Gasteiger partial charge in [0.1, 0.15) is 0 Å². The summed E-state index contributed by atoms with van der Waals surface area (Å²) in [6, 6.07) is 27.1. The summed E-state index contributed by atoms with van der Waals surface area (Å²) in [5.74, 6) is 0.597. The quantitative estimate of drug-likeness (QED) is 0.426. The van der Waals surface area contributed by atoms with Crippen molar-refractivity contribution in [1.29, 1.82) is 0 Å². The predicted octanol–water partition coefficient (Wildman–Crippen LogP) is 2.24. The fourth-order valence-corrected chi connectivity index (χ4v) is 26.1. The summed E-state index contributed by atoms with van der Waals surface area (Å²) in [6.45, 7) is 12.5. The van der Waals surface area contributed by atoms with Crippen molar-refractivity contribution < 1.29 is 45.2 Å². The number of halogens is 2. The molecule has 0 saturated carbocycles. The minimum atomic E-state index is -1.97. The van der Waals surface area contributed by atoms with Crippen LogP contribution in [0.4, 0.5) is 0 Å². The van der Waals surface area contributed by atoms with Crippen LogP contribution in [0.5, 0.6) is 0 Å². The van der Waals surface area contributed by atoms with Crippen LogP contribution < -0.4 is 24.8 Å². The number of hydrogen-bond donors (Lipinski definition) is 0. The molecule has 0 N–H and O–H groups in total. The molecule has 0 radical (unpaired) electrons. The van der Waals surface area contributed by atoms with E-state index in [2.05, 4.69) is 113 Å². The van der Waals surface area contributed by atoms with E-state index in [1.807, 2.05) is 3.28 Å². The Bertz CT molecular complexity index is 1280. The second-order valence-corrected chi connectivity index (χ2v) is 26.6. The van der Waals surface area contributed by atoms with Crippen molar-refractivity contribution in [3.05, 3.63) is 104 Å². The first-order valence-corrected chi connectivity index (χ1v) is 20.2. The summed E-state index contributed by atoms with van der Waals surface area (Å²) in [5, 5.41) is 0. The molecule has 0 nitrogen and oxygen atoms in total. The maximum Gasteiger partial charge on any atom is -1.00 e. The van der Waals surface area contributed by atoms with E-state index in [1.165, 1.54) is 22.3 Å². The monoisotopic (exact) mass is 566 g/mol. The maximum absolute atomic E-state index is 2.60. The SMILES string of the molecule is CC1=Cc2c(-c3ccccc3)cccc2[CH]1[Zr+2]([C]1=C(C)c2ccccc2C1C)=[Si](C)C.[Cl-].[Cl-]. The Morgan fingerprint density at radius 1 is 0.727 bits per heavy atom. The van der Waals surface area contributed by atoms with E-state index < -0.39 is 20.4 Å². The molecule has 3 aromatic rings. The van der Waals surface area contributed by atoms with Crippen LogP contribution >= 0.6 is 0 Å². The van der Waals surface area contributed by atoms with Crippen LogP contribution in [0.3, 0.4) is 0 Å². The first-order valence-electron chi connectivity index (χ1n) is 11.3. The third-order valence-electron chi connectivity index (χ3n) is 7.15. The second kappa shape index (κ2) is 10.6. The average molecular weight is 569 g/mol. The molecule has 0 saturated heterocycles. The van der Waals surface area contributed by atoms with Crippen LogP contribution in [0.2, 0.25) is 13.1 Å². The van der Waals surface area contributed by atoms with E-state index in [0.29, 0.717) is 9.54 Å². The van der Waals surface area contributed by atoms with Gasteiger partial charge in [-0.2, -0.15) is 0 Å². The Kier molecular flexibility index (Phi) is 8.50. The molecule has 0 aliphatic heterocycles. The minimum absolute atomic E-state index is 0. The van der Waals surface area contributed by atoms with Crippen molar-refractivity contribution in [2.45, 2.75) is 43.4 Å². The van der Waals surface area contributed by atoms with Crippen LogP contribution in [-0.2, 0) is 20.4 Å². The molecular weight excluding hydrogens is 539 g/mol. The molecule has 5 rings (SSSR count). The van der Waals surface area contributed by atoms with Crippen LogP contribution in [0.15, 0.2) is 81.7 Å². The van der Waals surface area contributed by atoms with Crippen LogP contribution in [0.25, 0.3) is 22.8 Å². The zero-order chi connectivity index (χ0) is 21.7. The first kappa shape index (κ1) is 26.4. The third kappa shape index (κ3) is 4.45. The van der Waals surface area contributed by atoms with E-state index in [-0.39, 0.29) is 30.2 Å². The molecule has 2 atom stereocenters. The topological polar surface area (TPSA) is 0 Å². The molecule has 0 aromatic heterocycles. The van der Waals surface area contributed by atoms with Gasteiger partial charge in [0.2, 0.25) is 0 Å². The summed E-state index contributed by atoms with van der Waals surface area (Å²) in [4.78, 5) is 0. The van der Waals surface area contributed by atoms with Gasteiger partial charge in [-0.05, 0) is 0 Å². The fourth-order valence-electron chi connectivity index (χ4n) is 5.79. The van der Waals surface area contributed by atoms with Gasteiger partial charge in [-0.3, -0.25) is 0 Å². The number of benzene rings is 3. The molecule has 3 aromatic carbocycles. The Balaban J connectivity index is 0.00000153. The van der Waals surface area contributed by atoms with Gasteiger partial charge < -0.3 is 24.8 Å². The summed E-state index contributed by atoms with van der Waals surface area (Å²) >= 11 is -1.97. The normalized spacial score (nSPS) is 17.8. The fraction of sp³-hybridized carbons (Fsp3) is 0.241. The van der Waals surface area contributed by atoms with E-state index in [4.69, 9.17) is 0 Å². The van der Waals surface area contributed by atoms with Gasteiger partial charge in [-0.15, -0.1) is 0 Å². The number of rotatable bonds is 3. The molecule has 0 bridgehead atoms. The van der Waals surface area contributed by atoms with Gasteiger partial charge in [-0.1, -0.05) is 0 Å². The summed E-state index contributed by atoms with van der Waals surface area (Å²) < 4.78 is 2.57. The molecule has 2 unspecified atom stereocenters. The first-order chi connectivity index (χ1) is 15.0. The van der Waals surface area contributed by atoms with E-state index in [1.54, 1.807) is 22.3 Å². The van der Waals surface area contributed by atoms with Crippen LogP contribution in [0, 0.1) is 0 Å². The Morgan fingerprint density at radius 2 is 1.33 bits per heavy atom. The molecule has 0 heterocycles. The van der Waals surface area contributed by atoms with Crippen molar-refractivity contribution in [1.82, 2.24) is 0 Å². The largest absolute Gasteiger partial charge is 1.00 e. The van der Waals surface area contributed by atoms with E-state index >= 15 is 0 Å². The van der Waals surface area contributed by atoms with Crippen molar-refractivity contribution in [2.24, 2.45) is 0 Å². The third-order valence-corrected chi connectivity index (χ3v) is 26.2. The summed E-state index contributed by atoms with van der Waals surface area (Å²) in [6.07, 6.45) is 2.52. The Morgan fingerprint density at radius 3 is 2.00 bits per heavy atom. The molecule has 33 heavy (non-hydrogen) atoms. The van der Waals surface area contributed by atoms with E-state index in [9.17, 15) is 0 Å². The van der Waals surface area contributed by atoms with Gasteiger partial charge in [0.05, 0.1) is 0 Å². The van der Waals surface area contributed by atoms with Crippen molar-refractivity contribution in [3.63, 3.8) is 0 Å². The second-order valence-electron chi connectivity index (χ2n) is 9.26. The number of hydrogen-bond acceptors (Lipinski definition) is 0. The molecule has 2 aliphatic carbocycles. The van der Waals surface area contributed by atoms with E-state index in [0.717, 1.165) is 0 Å². The minimum Gasteiger partial charge on any atom is -1.00 e. The van der Waals surface area contributed by atoms with Crippen molar-refractivity contribution >= 4 is 17.1 Å². The Hall–Kier alpha value is -1.18. The molecular formula is C29H30Cl2SiZr. The molecule has 0 amide bonds. The maximum atomic E-state index is 2.60. The number of fused-ring (bicyclic) bond motifs is 2. The smallest absolute Gasteiger partial charge is 1.00 e. The van der Waals surface area contributed by atoms with Gasteiger partial charge in [0.15, 0.2) is 0 Å². The standard InChI is InChI=1S/C16H13.C11H11.C2H6Si.2ClH.Zr/c1-12-10-14-8-5-9-15(16(14)11-12)13-6-3-2-4-7-13;1-8-7-9(2)11-6-4-3-5-10(8)11;1-3-2;;;/h2-11H,1H3;3-6,8H,1-2H3;1-2H3;2*1H;/q;;;;;+2/p-2. The average Bonchev–Trinajstić information content (AvgIpc) is 3.24. The summed E-state index contributed by atoms with van der Waals surface area (Å²) in [7, 11) is 0. The Labute approximate surface area is 219 Å². The zero-order valence-electron chi connectivity index (χ0n) is 19.9. The molecule has 0 spiro atoms. The van der Waals surface area contributed by atoms with Gasteiger partial charge in [-0.25, -0.2) is 0 Å². The number of allylic oxidation sites excluding steroid dienone is 3. The zero-order valence-corrected chi connectivity index (χ0v) is 24.9. The van der Waals surface area contributed by atoms with Gasteiger partial charge >= 0.3 is 196 Å².